The standard InChI is InChI=1S/C15H16N2O3S/c1-21(19,20)14-7-5-12(6-8-14)15(18)17-10-11-3-2-4-13(16)9-11/h2-9H,10,16H2,1H3,(H,17,18). The monoisotopic (exact) mass is 304 g/mol. The predicted octanol–water partition coefficient (Wildman–Crippen LogP) is 1.60. The number of hydrogen-bond donors (Lipinski definition) is 2. The van der Waals surface area contributed by atoms with E-state index in [0.717, 1.165) is 11.8 Å². The second-order valence-corrected chi connectivity index (χ2v) is 6.74. The molecule has 0 aliphatic heterocycles. The Morgan fingerprint density at radius 1 is 1.14 bits per heavy atom. The van der Waals surface area contributed by atoms with Crippen LogP contribution in [-0.2, 0) is 16.4 Å². The van der Waals surface area contributed by atoms with E-state index >= 15 is 0 Å². The van der Waals surface area contributed by atoms with E-state index in [1.807, 2.05) is 12.1 Å². The fourth-order valence-corrected chi connectivity index (χ4v) is 2.47. The normalized spacial score (nSPS) is 11.1. The van der Waals surface area contributed by atoms with E-state index in [2.05, 4.69) is 5.32 Å². The molecule has 0 saturated heterocycles. The summed E-state index contributed by atoms with van der Waals surface area (Å²) in [5.74, 6) is -0.266. The smallest absolute Gasteiger partial charge is 0.251 e. The van der Waals surface area contributed by atoms with Crippen molar-refractivity contribution in [3.8, 4) is 0 Å². The van der Waals surface area contributed by atoms with E-state index < -0.39 is 9.84 Å². The van der Waals surface area contributed by atoms with Crippen LogP contribution < -0.4 is 11.1 Å². The first-order chi connectivity index (χ1) is 9.86. The number of nitrogens with two attached hydrogens (primary N) is 1. The van der Waals surface area contributed by atoms with Crippen molar-refractivity contribution >= 4 is 21.4 Å². The van der Waals surface area contributed by atoms with Crippen LogP contribution in [0.4, 0.5) is 5.69 Å². The Morgan fingerprint density at radius 2 is 1.81 bits per heavy atom. The Morgan fingerprint density at radius 3 is 2.38 bits per heavy atom. The van der Waals surface area contributed by atoms with Gasteiger partial charge in [-0.15, -0.1) is 0 Å². The van der Waals surface area contributed by atoms with Gasteiger partial charge in [-0.2, -0.15) is 0 Å². The molecule has 6 heteroatoms. The maximum atomic E-state index is 12.0. The molecule has 21 heavy (non-hydrogen) atoms. The van der Waals surface area contributed by atoms with Crippen molar-refractivity contribution in [3.63, 3.8) is 0 Å². The van der Waals surface area contributed by atoms with Crippen LogP contribution in [-0.4, -0.2) is 20.6 Å². The van der Waals surface area contributed by atoms with Crippen LogP contribution in [0.25, 0.3) is 0 Å². The number of sulfone groups is 1. The zero-order chi connectivity index (χ0) is 15.5. The topological polar surface area (TPSA) is 89.3 Å². The van der Waals surface area contributed by atoms with Crippen molar-refractivity contribution in [2.75, 3.05) is 12.0 Å². The van der Waals surface area contributed by atoms with Crippen LogP contribution in [0.2, 0.25) is 0 Å². The van der Waals surface area contributed by atoms with Gasteiger partial charge in [-0.3, -0.25) is 4.79 Å². The molecule has 2 rings (SSSR count). The number of amides is 1. The summed E-state index contributed by atoms with van der Waals surface area (Å²) in [4.78, 5) is 12.2. The molecule has 3 N–H and O–H groups in total. The third kappa shape index (κ3) is 4.06. The molecule has 0 aromatic heterocycles. The lowest BCUT2D eigenvalue weighted by Crippen LogP contribution is -2.22. The molecular formula is C15H16N2O3S. The molecule has 0 saturated carbocycles. The van der Waals surface area contributed by atoms with Gasteiger partial charge in [0.2, 0.25) is 0 Å². The molecule has 2 aromatic carbocycles. The lowest BCUT2D eigenvalue weighted by molar-refractivity contribution is 0.0951. The highest BCUT2D eigenvalue weighted by Crippen LogP contribution is 2.11. The maximum absolute atomic E-state index is 12.0. The van der Waals surface area contributed by atoms with E-state index in [4.69, 9.17) is 5.73 Å². The van der Waals surface area contributed by atoms with Crippen LogP contribution in [0.1, 0.15) is 15.9 Å². The van der Waals surface area contributed by atoms with Gasteiger partial charge >= 0.3 is 0 Å². The fraction of sp³-hybridized carbons (Fsp3) is 0.133. The van der Waals surface area contributed by atoms with Gasteiger partial charge in [-0.25, -0.2) is 8.42 Å². The lowest BCUT2D eigenvalue weighted by Gasteiger charge is -2.06. The molecule has 0 fully saturated rings. The Kier molecular flexibility index (Phi) is 4.28. The van der Waals surface area contributed by atoms with Crippen molar-refractivity contribution in [1.29, 1.82) is 0 Å². The number of anilines is 1. The fourth-order valence-electron chi connectivity index (χ4n) is 1.84. The summed E-state index contributed by atoms with van der Waals surface area (Å²) in [5, 5.41) is 2.76. The minimum Gasteiger partial charge on any atom is -0.399 e. The molecule has 0 unspecified atom stereocenters. The summed E-state index contributed by atoms with van der Waals surface area (Å²) in [6.07, 6.45) is 1.13. The SMILES string of the molecule is CS(=O)(=O)c1ccc(C(=O)NCc2cccc(N)c2)cc1. The summed E-state index contributed by atoms with van der Waals surface area (Å²) >= 11 is 0. The number of rotatable bonds is 4. The van der Waals surface area contributed by atoms with E-state index in [1.165, 1.54) is 24.3 Å². The van der Waals surface area contributed by atoms with Gasteiger partial charge in [0.05, 0.1) is 4.90 Å². The number of carbonyl (C=O) groups excluding carboxylic acids is 1. The molecular weight excluding hydrogens is 288 g/mol. The number of hydrogen-bond acceptors (Lipinski definition) is 4. The van der Waals surface area contributed by atoms with Crippen LogP contribution in [0.15, 0.2) is 53.4 Å². The molecule has 0 spiro atoms. The van der Waals surface area contributed by atoms with Crippen molar-refractivity contribution in [2.45, 2.75) is 11.4 Å². The van der Waals surface area contributed by atoms with Crippen molar-refractivity contribution in [3.05, 3.63) is 59.7 Å². The van der Waals surface area contributed by atoms with Crippen molar-refractivity contribution in [2.24, 2.45) is 0 Å². The predicted molar refractivity (Wildman–Crippen MR) is 81.6 cm³/mol. The van der Waals surface area contributed by atoms with Gasteiger partial charge in [0, 0.05) is 24.1 Å². The van der Waals surface area contributed by atoms with Crippen molar-refractivity contribution in [1.82, 2.24) is 5.32 Å². The summed E-state index contributed by atoms with van der Waals surface area (Å²) in [6.45, 7) is 0.359. The minimum atomic E-state index is -3.25. The maximum Gasteiger partial charge on any atom is 0.251 e. The Hall–Kier alpha value is -2.34. The summed E-state index contributed by atoms with van der Waals surface area (Å²) in [7, 11) is -3.25. The van der Waals surface area contributed by atoms with Gasteiger partial charge in [0.15, 0.2) is 9.84 Å². The minimum absolute atomic E-state index is 0.190. The first-order valence-corrected chi connectivity index (χ1v) is 8.18. The molecule has 2 aromatic rings. The summed E-state index contributed by atoms with van der Waals surface area (Å²) in [5.41, 5.74) is 7.61. The average molecular weight is 304 g/mol. The van der Waals surface area contributed by atoms with E-state index in [1.54, 1.807) is 12.1 Å². The van der Waals surface area contributed by atoms with Gasteiger partial charge in [-0.1, -0.05) is 12.1 Å². The first kappa shape index (κ1) is 15.1. The molecule has 0 bridgehead atoms. The third-order valence-corrected chi connectivity index (χ3v) is 4.08. The number of carbonyl (C=O) groups is 1. The Labute approximate surface area is 123 Å². The van der Waals surface area contributed by atoms with Crippen LogP contribution in [0.3, 0.4) is 0 Å². The second kappa shape index (κ2) is 5.97. The number of nitrogen functional groups attached to an aromatic ring is 1. The molecule has 0 aliphatic rings. The molecule has 0 aliphatic carbocycles. The molecule has 110 valence electrons. The summed E-state index contributed by atoms with van der Waals surface area (Å²) in [6, 6.07) is 13.1. The largest absolute Gasteiger partial charge is 0.399 e. The summed E-state index contributed by atoms with van der Waals surface area (Å²) < 4.78 is 22.7. The molecule has 0 radical (unpaired) electrons. The van der Waals surface area contributed by atoms with E-state index in [9.17, 15) is 13.2 Å². The van der Waals surface area contributed by atoms with E-state index in [0.29, 0.717) is 17.8 Å². The zero-order valence-corrected chi connectivity index (χ0v) is 12.4. The second-order valence-electron chi connectivity index (χ2n) is 4.72. The van der Waals surface area contributed by atoms with Gasteiger partial charge in [0.1, 0.15) is 0 Å². The Balaban J connectivity index is 2.04. The first-order valence-electron chi connectivity index (χ1n) is 6.29. The third-order valence-electron chi connectivity index (χ3n) is 2.95. The molecule has 5 nitrogen and oxygen atoms in total. The highest BCUT2D eigenvalue weighted by Gasteiger charge is 2.09. The lowest BCUT2D eigenvalue weighted by atomic mass is 10.2. The average Bonchev–Trinajstić information content (AvgIpc) is 2.44. The van der Waals surface area contributed by atoms with Crippen LogP contribution in [0.5, 0.6) is 0 Å². The number of nitrogens with one attached hydrogen (secondary N) is 1. The number of benzene rings is 2. The zero-order valence-electron chi connectivity index (χ0n) is 11.5. The molecule has 0 heterocycles. The molecule has 1 amide bonds. The quantitative estimate of drug-likeness (QED) is 0.840. The van der Waals surface area contributed by atoms with Crippen molar-refractivity contribution < 1.29 is 13.2 Å². The van der Waals surface area contributed by atoms with Gasteiger partial charge in [0.25, 0.3) is 5.91 Å². The van der Waals surface area contributed by atoms with Crippen LogP contribution in [0, 0.1) is 0 Å². The van der Waals surface area contributed by atoms with Gasteiger partial charge in [-0.05, 0) is 42.0 Å². The molecule has 0 atom stereocenters. The van der Waals surface area contributed by atoms with Crippen LogP contribution >= 0.6 is 0 Å². The highest BCUT2D eigenvalue weighted by molar-refractivity contribution is 7.90. The highest BCUT2D eigenvalue weighted by atomic mass is 32.2. The van der Waals surface area contributed by atoms with E-state index in [-0.39, 0.29) is 10.8 Å². The van der Waals surface area contributed by atoms with Gasteiger partial charge < -0.3 is 11.1 Å². The Bertz CT molecular complexity index is 753.